The van der Waals surface area contributed by atoms with E-state index in [9.17, 15) is 5.11 Å². The van der Waals surface area contributed by atoms with Gasteiger partial charge in [0.2, 0.25) is 0 Å². The number of aliphatic hydroxyl groups excluding tert-OH is 1. The molecule has 1 unspecified atom stereocenters. The minimum atomic E-state index is -0.546. The minimum absolute atomic E-state index is 0.0142. The fourth-order valence-corrected chi connectivity index (χ4v) is 2.74. The zero-order valence-corrected chi connectivity index (χ0v) is 9.13. The van der Waals surface area contributed by atoms with Crippen LogP contribution >= 0.6 is 0 Å². The van der Waals surface area contributed by atoms with E-state index in [0.29, 0.717) is 0 Å². The first-order valence-corrected chi connectivity index (χ1v) is 5.09. The Balaban J connectivity index is 2.55. The van der Waals surface area contributed by atoms with E-state index in [1.165, 1.54) is 5.57 Å². The van der Waals surface area contributed by atoms with Gasteiger partial charge in [-0.2, -0.15) is 0 Å². The molecule has 0 aromatic heterocycles. The van der Waals surface area contributed by atoms with E-state index >= 15 is 0 Å². The van der Waals surface area contributed by atoms with Crippen molar-refractivity contribution in [3.63, 3.8) is 0 Å². The molecular weight excluding hydrogens is 176 g/mol. The Morgan fingerprint density at radius 3 is 2.71 bits per heavy atom. The van der Waals surface area contributed by atoms with Crippen molar-refractivity contribution in [2.45, 2.75) is 38.4 Å². The van der Waals surface area contributed by atoms with Gasteiger partial charge in [-0.25, -0.2) is 0 Å². The van der Waals surface area contributed by atoms with E-state index in [1.807, 2.05) is 0 Å². The number of aliphatic hydroxyl groups is 1. The summed E-state index contributed by atoms with van der Waals surface area (Å²) in [6, 6.07) is 0. The summed E-state index contributed by atoms with van der Waals surface area (Å²) in [5.74, 6) is 0. The molecule has 1 saturated carbocycles. The Morgan fingerprint density at radius 2 is 2.21 bits per heavy atom. The third-order valence-corrected chi connectivity index (χ3v) is 4.23. The molecule has 0 spiro atoms. The molecule has 0 aromatic carbocycles. The number of hydrogen-bond donors (Lipinski definition) is 1. The number of rotatable bonds is 1. The van der Waals surface area contributed by atoms with Crippen LogP contribution in [0.25, 0.3) is 0 Å². The van der Waals surface area contributed by atoms with Crippen molar-refractivity contribution in [2.75, 3.05) is 7.11 Å². The summed E-state index contributed by atoms with van der Waals surface area (Å²) in [6.07, 6.45) is 3.45. The molecule has 2 heteroatoms. The van der Waals surface area contributed by atoms with Crippen LogP contribution in [0.15, 0.2) is 23.8 Å². The van der Waals surface area contributed by atoms with E-state index in [2.05, 4.69) is 26.5 Å². The maximum Gasteiger partial charge on any atom is 0.116 e. The van der Waals surface area contributed by atoms with Gasteiger partial charge < -0.3 is 9.84 Å². The van der Waals surface area contributed by atoms with Crippen molar-refractivity contribution in [2.24, 2.45) is 5.41 Å². The number of methoxy groups -OCH3 is 1. The topological polar surface area (TPSA) is 29.5 Å². The van der Waals surface area contributed by atoms with Crippen molar-refractivity contribution in [3.05, 3.63) is 23.8 Å². The van der Waals surface area contributed by atoms with Crippen LogP contribution in [-0.4, -0.2) is 23.9 Å². The molecule has 3 rings (SSSR count). The smallest absolute Gasteiger partial charge is 0.116 e. The Bertz CT molecular complexity index is 318. The lowest BCUT2D eigenvalue weighted by Crippen LogP contribution is -2.55. The van der Waals surface area contributed by atoms with Gasteiger partial charge in [0.25, 0.3) is 0 Å². The summed E-state index contributed by atoms with van der Waals surface area (Å²) in [4.78, 5) is 0. The summed E-state index contributed by atoms with van der Waals surface area (Å²) in [5, 5.41) is 10.1. The maximum atomic E-state index is 10.1. The lowest BCUT2D eigenvalue weighted by molar-refractivity contribution is -0.0936. The molecule has 2 nitrogen and oxygen atoms in total. The molecule has 0 radical (unpaired) electrons. The van der Waals surface area contributed by atoms with Gasteiger partial charge in [0, 0.05) is 12.5 Å². The predicted octanol–water partition coefficient (Wildman–Crippen LogP) is 2.05. The standard InChI is InChI=1S/C12H18O2/c1-8-7-12(14-4)6-5-11(8,3)9(2)10(12)13/h7,10,13H,2,5-6H2,1,3-4H3/t10?,11-,12-/m0/s1. The largest absolute Gasteiger partial charge is 0.385 e. The van der Waals surface area contributed by atoms with Gasteiger partial charge in [-0.15, -0.1) is 0 Å². The highest BCUT2D eigenvalue weighted by atomic mass is 16.5. The molecule has 1 fully saturated rings. The molecule has 0 amide bonds. The molecule has 1 N–H and O–H groups in total. The minimum Gasteiger partial charge on any atom is -0.385 e. The van der Waals surface area contributed by atoms with Crippen molar-refractivity contribution < 1.29 is 9.84 Å². The normalized spacial score (nSPS) is 46.7. The Labute approximate surface area is 85.3 Å². The Hall–Kier alpha value is -0.600. The van der Waals surface area contributed by atoms with Gasteiger partial charge in [0.1, 0.15) is 11.7 Å². The summed E-state index contributed by atoms with van der Waals surface area (Å²) >= 11 is 0. The monoisotopic (exact) mass is 194 g/mol. The SMILES string of the molecule is C=C1C(O)[C@@]2(OC)C=C(C)[C@]1(C)CC2. The predicted molar refractivity (Wildman–Crippen MR) is 56.0 cm³/mol. The molecule has 0 heterocycles. The molecule has 3 aliphatic rings. The second kappa shape index (κ2) is 2.71. The highest BCUT2D eigenvalue weighted by Crippen LogP contribution is 2.55. The number of allylic oxidation sites excluding steroid dienone is 1. The van der Waals surface area contributed by atoms with Gasteiger partial charge in [0.05, 0.1) is 0 Å². The molecule has 14 heavy (non-hydrogen) atoms. The third-order valence-electron chi connectivity index (χ3n) is 4.23. The number of ether oxygens (including phenoxy) is 1. The van der Waals surface area contributed by atoms with Crippen LogP contribution in [0, 0.1) is 5.41 Å². The van der Waals surface area contributed by atoms with Gasteiger partial charge in [-0.05, 0) is 25.3 Å². The average molecular weight is 194 g/mol. The van der Waals surface area contributed by atoms with Crippen molar-refractivity contribution in [1.29, 1.82) is 0 Å². The summed E-state index contributed by atoms with van der Waals surface area (Å²) < 4.78 is 5.48. The number of hydrogen-bond acceptors (Lipinski definition) is 2. The Kier molecular flexibility index (Phi) is 1.92. The van der Waals surface area contributed by atoms with Crippen LogP contribution in [0.3, 0.4) is 0 Å². The molecule has 3 atom stereocenters. The quantitative estimate of drug-likeness (QED) is 0.647. The second-order valence-electron chi connectivity index (χ2n) is 4.75. The van der Waals surface area contributed by atoms with E-state index in [0.717, 1.165) is 18.4 Å². The first kappa shape index (κ1) is 9.94. The van der Waals surface area contributed by atoms with Crippen LogP contribution < -0.4 is 0 Å². The zero-order chi connectivity index (χ0) is 10.6. The van der Waals surface area contributed by atoms with Gasteiger partial charge in [0.15, 0.2) is 0 Å². The zero-order valence-electron chi connectivity index (χ0n) is 9.13. The van der Waals surface area contributed by atoms with Crippen LogP contribution in [0.1, 0.15) is 26.7 Å². The van der Waals surface area contributed by atoms with E-state index in [1.54, 1.807) is 7.11 Å². The molecular formula is C12H18O2. The molecule has 3 aliphatic carbocycles. The molecule has 0 aromatic rings. The highest BCUT2D eigenvalue weighted by Gasteiger charge is 2.53. The molecule has 0 aliphatic heterocycles. The Morgan fingerprint density at radius 1 is 1.57 bits per heavy atom. The maximum absolute atomic E-state index is 10.1. The van der Waals surface area contributed by atoms with Crippen molar-refractivity contribution in [3.8, 4) is 0 Å². The summed E-state index contributed by atoms with van der Waals surface area (Å²) in [6.45, 7) is 8.28. The van der Waals surface area contributed by atoms with Crippen molar-refractivity contribution >= 4 is 0 Å². The van der Waals surface area contributed by atoms with E-state index in [-0.39, 0.29) is 5.41 Å². The van der Waals surface area contributed by atoms with Crippen LogP contribution in [0.4, 0.5) is 0 Å². The second-order valence-corrected chi connectivity index (χ2v) is 4.75. The number of fused-ring (bicyclic) bond motifs is 2. The lowest BCUT2D eigenvalue weighted by Gasteiger charge is -2.53. The molecule has 2 bridgehead atoms. The van der Waals surface area contributed by atoms with Gasteiger partial charge >= 0.3 is 0 Å². The van der Waals surface area contributed by atoms with Crippen molar-refractivity contribution in [1.82, 2.24) is 0 Å². The fourth-order valence-electron chi connectivity index (χ4n) is 2.74. The lowest BCUT2D eigenvalue weighted by atomic mass is 9.56. The summed E-state index contributed by atoms with van der Waals surface area (Å²) in [7, 11) is 1.66. The van der Waals surface area contributed by atoms with Gasteiger partial charge in [-0.3, -0.25) is 0 Å². The first-order chi connectivity index (χ1) is 6.46. The molecule has 78 valence electrons. The first-order valence-electron chi connectivity index (χ1n) is 5.09. The average Bonchev–Trinajstić information content (AvgIpc) is 2.18. The van der Waals surface area contributed by atoms with E-state index < -0.39 is 11.7 Å². The fraction of sp³-hybridized carbons (Fsp3) is 0.667. The van der Waals surface area contributed by atoms with Crippen LogP contribution in [0.5, 0.6) is 0 Å². The van der Waals surface area contributed by atoms with E-state index in [4.69, 9.17) is 4.74 Å². The third kappa shape index (κ3) is 0.931. The highest BCUT2D eigenvalue weighted by molar-refractivity contribution is 5.42. The van der Waals surface area contributed by atoms with Crippen LogP contribution in [0.2, 0.25) is 0 Å². The molecule has 0 saturated heterocycles. The van der Waals surface area contributed by atoms with Crippen LogP contribution in [-0.2, 0) is 4.74 Å². The van der Waals surface area contributed by atoms with Gasteiger partial charge in [-0.1, -0.05) is 25.2 Å². The summed E-state index contributed by atoms with van der Waals surface area (Å²) in [5.41, 5.74) is 1.67.